The molecule has 8 nitrogen and oxygen atoms in total. The molecule has 3 rings (SSSR count). The van der Waals surface area contributed by atoms with Crippen molar-refractivity contribution in [1.29, 1.82) is 0 Å². The molecule has 2 amide bonds. The molecule has 2 aromatic rings. The summed E-state index contributed by atoms with van der Waals surface area (Å²) in [5, 5.41) is 2.80. The van der Waals surface area contributed by atoms with E-state index in [0.717, 1.165) is 0 Å². The number of amides is 2. The van der Waals surface area contributed by atoms with Gasteiger partial charge in [0.15, 0.2) is 11.5 Å². The van der Waals surface area contributed by atoms with Crippen LogP contribution in [0.25, 0.3) is 0 Å². The van der Waals surface area contributed by atoms with Crippen LogP contribution in [0.4, 0.5) is 16.2 Å². The maximum atomic E-state index is 12.6. The van der Waals surface area contributed by atoms with E-state index in [9.17, 15) is 9.59 Å². The third kappa shape index (κ3) is 3.74. The molecule has 1 saturated heterocycles. The number of rotatable bonds is 6. The Labute approximate surface area is 156 Å². The van der Waals surface area contributed by atoms with Crippen LogP contribution in [-0.2, 0) is 4.74 Å². The molecule has 1 fully saturated rings. The molecule has 142 valence electrons. The summed E-state index contributed by atoms with van der Waals surface area (Å²) < 4.78 is 20.7. The fraction of sp³-hybridized carbons (Fsp3) is 0.263. The minimum Gasteiger partial charge on any atom is -0.493 e. The lowest BCUT2D eigenvalue weighted by molar-refractivity contribution is 0.102. The predicted octanol–water partition coefficient (Wildman–Crippen LogP) is 2.92. The highest BCUT2D eigenvalue weighted by Gasteiger charge is 2.23. The smallest absolute Gasteiger partial charge is 0.414 e. The van der Waals surface area contributed by atoms with Gasteiger partial charge in [0.1, 0.15) is 6.61 Å². The molecule has 1 N–H and O–H groups in total. The summed E-state index contributed by atoms with van der Waals surface area (Å²) in [5.41, 5.74) is 1.66. The molecule has 0 unspecified atom stereocenters. The summed E-state index contributed by atoms with van der Waals surface area (Å²) in [6, 6.07) is 10.1. The van der Waals surface area contributed by atoms with E-state index in [0.29, 0.717) is 47.3 Å². The zero-order valence-electron chi connectivity index (χ0n) is 15.3. The Morgan fingerprint density at radius 1 is 1.04 bits per heavy atom. The third-order valence-electron chi connectivity index (χ3n) is 4.12. The van der Waals surface area contributed by atoms with Gasteiger partial charge in [-0.3, -0.25) is 9.69 Å². The van der Waals surface area contributed by atoms with Gasteiger partial charge in [-0.15, -0.1) is 0 Å². The molecule has 27 heavy (non-hydrogen) atoms. The molecular weight excluding hydrogens is 352 g/mol. The second-order valence-corrected chi connectivity index (χ2v) is 5.68. The van der Waals surface area contributed by atoms with Gasteiger partial charge in [0, 0.05) is 16.9 Å². The molecule has 0 bridgehead atoms. The van der Waals surface area contributed by atoms with Crippen molar-refractivity contribution >= 4 is 23.4 Å². The Balaban J connectivity index is 1.78. The third-order valence-corrected chi connectivity index (χ3v) is 4.12. The van der Waals surface area contributed by atoms with Gasteiger partial charge in [-0.1, -0.05) is 0 Å². The summed E-state index contributed by atoms with van der Waals surface area (Å²) in [5.74, 6) is 0.871. The van der Waals surface area contributed by atoms with Crippen molar-refractivity contribution in [2.45, 2.75) is 0 Å². The number of hydrogen-bond donors (Lipinski definition) is 1. The van der Waals surface area contributed by atoms with Crippen LogP contribution in [0, 0.1) is 0 Å². The standard InChI is InChI=1S/C19H20N2O6/c1-24-15-10-12(11-16(25-2)17(15)26-3)18(22)20-13-4-6-14(7-5-13)21-8-9-27-19(21)23/h4-7,10-11H,8-9H2,1-3H3,(H,20,22). The molecule has 2 aromatic carbocycles. The molecule has 0 atom stereocenters. The summed E-state index contributed by atoms with van der Waals surface area (Å²) in [4.78, 5) is 25.7. The molecule has 0 aliphatic carbocycles. The predicted molar refractivity (Wildman–Crippen MR) is 99.2 cm³/mol. The van der Waals surface area contributed by atoms with Crippen molar-refractivity contribution < 1.29 is 28.5 Å². The number of ether oxygens (including phenoxy) is 4. The van der Waals surface area contributed by atoms with Gasteiger partial charge in [0.25, 0.3) is 5.91 Å². The molecule has 0 spiro atoms. The van der Waals surface area contributed by atoms with Gasteiger partial charge >= 0.3 is 6.09 Å². The first-order chi connectivity index (χ1) is 13.1. The van der Waals surface area contributed by atoms with Crippen LogP contribution >= 0.6 is 0 Å². The summed E-state index contributed by atoms with van der Waals surface area (Å²) in [6.45, 7) is 0.883. The van der Waals surface area contributed by atoms with Gasteiger partial charge in [-0.25, -0.2) is 4.79 Å². The number of hydrogen-bond acceptors (Lipinski definition) is 6. The minimum atomic E-state index is -0.371. The fourth-order valence-electron chi connectivity index (χ4n) is 2.77. The Bertz CT molecular complexity index is 825. The Morgan fingerprint density at radius 3 is 2.15 bits per heavy atom. The number of methoxy groups -OCH3 is 3. The lowest BCUT2D eigenvalue weighted by atomic mass is 10.1. The second-order valence-electron chi connectivity index (χ2n) is 5.68. The summed E-state index contributed by atoms with van der Waals surface area (Å²) in [7, 11) is 4.47. The van der Waals surface area contributed by atoms with Gasteiger partial charge in [-0.05, 0) is 36.4 Å². The van der Waals surface area contributed by atoms with Crippen molar-refractivity contribution in [3.63, 3.8) is 0 Å². The number of cyclic esters (lactones) is 1. The van der Waals surface area contributed by atoms with Crippen LogP contribution in [0.5, 0.6) is 17.2 Å². The zero-order valence-corrected chi connectivity index (χ0v) is 15.3. The van der Waals surface area contributed by atoms with E-state index in [1.807, 2.05) is 0 Å². The van der Waals surface area contributed by atoms with Crippen molar-refractivity contribution in [3.05, 3.63) is 42.0 Å². The maximum Gasteiger partial charge on any atom is 0.414 e. The molecule has 1 aliphatic rings. The number of benzene rings is 2. The van der Waals surface area contributed by atoms with Crippen molar-refractivity contribution in [2.75, 3.05) is 44.7 Å². The molecule has 8 heteroatoms. The van der Waals surface area contributed by atoms with Gasteiger partial charge in [0.05, 0.1) is 27.9 Å². The van der Waals surface area contributed by atoms with Crippen LogP contribution in [0.1, 0.15) is 10.4 Å². The topological polar surface area (TPSA) is 86.3 Å². The number of anilines is 2. The average molecular weight is 372 g/mol. The molecule has 0 radical (unpaired) electrons. The second kappa shape index (κ2) is 7.86. The molecule has 0 aromatic heterocycles. The van der Waals surface area contributed by atoms with Gasteiger partial charge < -0.3 is 24.3 Å². The lowest BCUT2D eigenvalue weighted by Gasteiger charge is -2.15. The van der Waals surface area contributed by atoms with Crippen molar-refractivity contribution in [1.82, 2.24) is 0 Å². The Hall–Kier alpha value is -3.42. The zero-order chi connectivity index (χ0) is 19.4. The number of carbonyl (C=O) groups is 2. The fourth-order valence-corrected chi connectivity index (χ4v) is 2.77. The van der Waals surface area contributed by atoms with Gasteiger partial charge in [0.2, 0.25) is 5.75 Å². The summed E-state index contributed by atoms with van der Waals surface area (Å²) >= 11 is 0. The van der Waals surface area contributed by atoms with Crippen LogP contribution in [0.2, 0.25) is 0 Å². The SMILES string of the molecule is COc1cc(C(=O)Nc2ccc(N3CCOC3=O)cc2)cc(OC)c1OC. The first-order valence-electron chi connectivity index (χ1n) is 8.23. The van der Waals surface area contributed by atoms with Gasteiger partial charge in [-0.2, -0.15) is 0 Å². The summed E-state index contributed by atoms with van der Waals surface area (Å²) in [6.07, 6.45) is -0.371. The maximum absolute atomic E-state index is 12.6. The highest BCUT2D eigenvalue weighted by molar-refractivity contribution is 6.05. The first-order valence-corrected chi connectivity index (χ1v) is 8.23. The highest BCUT2D eigenvalue weighted by Crippen LogP contribution is 2.38. The van der Waals surface area contributed by atoms with E-state index in [4.69, 9.17) is 18.9 Å². The average Bonchev–Trinajstić information content (AvgIpc) is 3.13. The van der Waals surface area contributed by atoms with Crippen LogP contribution in [-0.4, -0.2) is 46.5 Å². The van der Waals surface area contributed by atoms with Crippen LogP contribution in [0.15, 0.2) is 36.4 Å². The normalized spacial score (nSPS) is 13.1. The van der Waals surface area contributed by atoms with E-state index in [1.165, 1.54) is 26.2 Å². The largest absolute Gasteiger partial charge is 0.493 e. The Morgan fingerprint density at radius 2 is 1.67 bits per heavy atom. The first kappa shape index (κ1) is 18.4. The monoisotopic (exact) mass is 372 g/mol. The number of nitrogens with one attached hydrogen (secondary N) is 1. The molecule has 0 saturated carbocycles. The molecular formula is C19H20N2O6. The van der Waals surface area contributed by atoms with Crippen LogP contribution in [0.3, 0.4) is 0 Å². The van der Waals surface area contributed by atoms with E-state index in [2.05, 4.69) is 5.32 Å². The molecule has 1 heterocycles. The van der Waals surface area contributed by atoms with E-state index < -0.39 is 0 Å². The molecule has 1 aliphatic heterocycles. The van der Waals surface area contributed by atoms with E-state index in [-0.39, 0.29) is 12.0 Å². The highest BCUT2D eigenvalue weighted by atomic mass is 16.6. The van der Waals surface area contributed by atoms with Crippen molar-refractivity contribution in [3.8, 4) is 17.2 Å². The minimum absolute atomic E-state index is 0.331. The van der Waals surface area contributed by atoms with Crippen molar-refractivity contribution in [2.24, 2.45) is 0 Å². The van der Waals surface area contributed by atoms with E-state index in [1.54, 1.807) is 36.4 Å². The Kier molecular flexibility index (Phi) is 5.35. The number of nitrogens with zero attached hydrogens (tertiary/aromatic N) is 1. The lowest BCUT2D eigenvalue weighted by Crippen LogP contribution is -2.23. The van der Waals surface area contributed by atoms with E-state index >= 15 is 0 Å². The quantitative estimate of drug-likeness (QED) is 0.839. The van der Waals surface area contributed by atoms with Crippen LogP contribution < -0.4 is 24.4 Å². The number of carbonyl (C=O) groups excluding carboxylic acids is 2.